The zero-order valence-corrected chi connectivity index (χ0v) is 19.4. The highest BCUT2D eigenvalue weighted by Gasteiger charge is 2.27. The van der Waals surface area contributed by atoms with Crippen molar-refractivity contribution in [3.8, 4) is 0 Å². The summed E-state index contributed by atoms with van der Waals surface area (Å²) in [5.74, 6) is 2.86. The fraction of sp³-hybridized carbons (Fsp3) is 0.609. The van der Waals surface area contributed by atoms with Crippen LogP contribution in [0.5, 0.6) is 0 Å². The monoisotopic (exact) mass is 429 g/mol. The summed E-state index contributed by atoms with van der Waals surface area (Å²) >= 11 is 0. The molecule has 1 amide bonds. The molecule has 170 valence electrons. The van der Waals surface area contributed by atoms with Gasteiger partial charge in [0, 0.05) is 39.7 Å². The maximum Gasteiger partial charge on any atom is 0.287 e. The van der Waals surface area contributed by atoms with Crippen molar-refractivity contribution in [1.82, 2.24) is 25.0 Å². The van der Waals surface area contributed by atoms with Gasteiger partial charge in [-0.05, 0) is 38.3 Å². The molecule has 3 rings (SSSR count). The van der Waals surface area contributed by atoms with E-state index >= 15 is 0 Å². The van der Waals surface area contributed by atoms with Crippen molar-refractivity contribution in [2.45, 2.75) is 59.7 Å². The summed E-state index contributed by atoms with van der Waals surface area (Å²) < 4.78 is 12.9. The van der Waals surface area contributed by atoms with Gasteiger partial charge >= 0.3 is 0 Å². The van der Waals surface area contributed by atoms with Crippen molar-refractivity contribution in [3.63, 3.8) is 0 Å². The molecule has 1 unspecified atom stereocenters. The first-order chi connectivity index (χ1) is 14.9. The maximum absolute atomic E-state index is 12.9. The third-order valence-electron chi connectivity index (χ3n) is 5.61. The van der Waals surface area contributed by atoms with Gasteiger partial charge < -0.3 is 19.0 Å². The van der Waals surface area contributed by atoms with Crippen LogP contribution in [-0.4, -0.2) is 52.3 Å². The first-order valence-electron chi connectivity index (χ1n) is 11.1. The summed E-state index contributed by atoms with van der Waals surface area (Å²) in [5.41, 5.74) is 1.37. The van der Waals surface area contributed by atoms with E-state index in [1.54, 1.807) is 19.2 Å². The van der Waals surface area contributed by atoms with Gasteiger partial charge in [0.05, 0.1) is 6.04 Å². The summed E-state index contributed by atoms with van der Waals surface area (Å²) in [7, 11) is 1.60. The fourth-order valence-electron chi connectivity index (χ4n) is 3.90. The highest BCUT2D eigenvalue weighted by molar-refractivity contribution is 5.91. The largest absolute Gasteiger partial charge is 0.453 e. The Labute approximate surface area is 184 Å². The Balaban J connectivity index is 1.76. The molecule has 8 heteroatoms. The van der Waals surface area contributed by atoms with Crippen LogP contribution >= 0.6 is 0 Å². The lowest BCUT2D eigenvalue weighted by Gasteiger charge is -2.22. The lowest BCUT2D eigenvalue weighted by Crippen LogP contribution is -2.32. The minimum Gasteiger partial charge on any atom is -0.453 e. The fourth-order valence-corrected chi connectivity index (χ4v) is 3.90. The first kappa shape index (κ1) is 23.2. The molecule has 1 aliphatic rings. The normalized spacial score (nSPS) is 16.3. The minimum atomic E-state index is -0.246. The van der Waals surface area contributed by atoms with E-state index in [0.29, 0.717) is 18.3 Å². The van der Waals surface area contributed by atoms with Crippen LogP contribution in [0.3, 0.4) is 0 Å². The summed E-state index contributed by atoms with van der Waals surface area (Å²) in [6.45, 7) is 12.5. The van der Waals surface area contributed by atoms with Gasteiger partial charge in [-0.15, -0.1) is 10.2 Å². The van der Waals surface area contributed by atoms with E-state index in [4.69, 9.17) is 9.15 Å². The van der Waals surface area contributed by atoms with E-state index in [2.05, 4.69) is 58.8 Å². The number of allylic oxidation sites excluding steroid dienone is 1. The summed E-state index contributed by atoms with van der Waals surface area (Å²) in [4.78, 5) is 15.3. The maximum atomic E-state index is 12.9. The van der Waals surface area contributed by atoms with Crippen molar-refractivity contribution in [1.29, 1.82) is 0 Å². The van der Waals surface area contributed by atoms with Gasteiger partial charge in [-0.1, -0.05) is 25.5 Å². The number of aromatic nitrogens is 3. The van der Waals surface area contributed by atoms with Crippen molar-refractivity contribution >= 4 is 5.91 Å². The highest BCUT2D eigenvalue weighted by Crippen LogP contribution is 2.23. The van der Waals surface area contributed by atoms with Crippen LogP contribution < -0.4 is 5.32 Å². The third-order valence-corrected chi connectivity index (χ3v) is 5.61. The number of ether oxygens (including phenoxy) is 1. The molecule has 0 spiro atoms. The van der Waals surface area contributed by atoms with Crippen molar-refractivity contribution in [2.24, 2.45) is 5.92 Å². The van der Waals surface area contributed by atoms with Gasteiger partial charge in [-0.25, -0.2) is 0 Å². The number of hydrogen-bond acceptors (Lipinski definition) is 6. The first-order valence-corrected chi connectivity index (χ1v) is 11.1. The van der Waals surface area contributed by atoms with Gasteiger partial charge in [0.2, 0.25) is 0 Å². The van der Waals surface area contributed by atoms with E-state index in [-0.39, 0.29) is 17.7 Å². The molecule has 0 aliphatic carbocycles. The second-order valence-electron chi connectivity index (χ2n) is 8.64. The predicted octanol–water partition coefficient (Wildman–Crippen LogP) is 3.36. The van der Waals surface area contributed by atoms with Crippen LogP contribution in [0, 0.1) is 5.92 Å². The molecular weight excluding hydrogens is 394 g/mol. The number of rotatable bonds is 9. The van der Waals surface area contributed by atoms with E-state index in [1.165, 1.54) is 5.57 Å². The number of nitrogens with zero attached hydrogens (tertiary/aromatic N) is 4. The standard InChI is InChI=1S/C23H35N5O3/c1-6-17(4)14-27-10-9-21-25-26-22(28(21)12-11-27)19(13-16(2)3)24-23(29)20-8-7-18(31-20)15-30-5/h6-8,16,19H,9-15H2,1-5H3,(H,24,29). The number of carbonyl (C=O) groups excluding carboxylic acids is 1. The van der Waals surface area contributed by atoms with Gasteiger partial charge in [-0.3, -0.25) is 9.69 Å². The van der Waals surface area contributed by atoms with E-state index < -0.39 is 0 Å². The topological polar surface area (TPSA) is 85.4 Å². The number of furan rings is 1. The third kappa shape index (κ3) is 6.04. The van der Waals surface area contributed by atoms with E-state index in [9.17, 15) is 4.79 Å². The molecule has 8 nitrogen and oxygen atoms in total. The SMILES string of the molecule is CC=C(C)CN1CCc2nnc(C(CC(C)C)NC(=O)c3ccc(COC)o3)n2CC1. The van der Waals surface area contributed by atoms with Gasteiger partial charge in [0.1, 0.15) is 18.2 Å². The van der Waals surface area contributed by atoms with Gasteiger partial charge in [0.25, 0.3) is 5.91 Å². The average molecular weight is 430 g/mol. The quantitative estimate of drug-likeness (QED) is 0.615. The summed E-state index contributed by atoms with van der Waals surface area (Å²) in [6, 6.07) is 3.22. The van der Waals surface area contributed by atoms with Gasteiger partial charge in [0.15, 0.2) is 11.6 Å². The molecular formula is C23H35N5O3. The van der Waals surface area contributed by atoms with Crippen molar-refractivity contribution in [2.75, 3.05) is 26.7 Å². The molecule has 0 fully saturated rings. The number of carbonyl (C=O) groups is 1. The second-order valence-corrected chi connectivity index (χ2v) is 8.64. The second kappa shape index (κ2) is 10.7. The van der Waals surface area contributed by atoms with Crippen LogP contribution in [0.2, 0.25) is 0 Å². The Kier molecular flexibility index (Phi) is 8.03. The van der Waals surface area contributed by atoms with Crippen LogP contribution in [-0.2, 0) is 24.3 Å². The average Bonchev–Trinajstić information content (AvgIpc) is 3.31. The molecule has 0 aromatic carbocycles. The van der Waals surface area contributed by atoms with E-state index in [0.717, 1.165) is 50.7 Å². The zero-order valence-electron chi connectivity index (χ0n) is 19.4. The zero-order chi connectivity index (χ0) is 22.4. The molecule has 1 aliphatic heterocycles. The molecule has 0 radical (unpaired) electrons. The van der Waals surface area contributed by atoms with Gasteiger partial charge in [-0.2, -0.15) is 0 Å². The molecule has 1 atom stereocenters. The summed E-state index contributed by atoms with van der Waals surface area (Å²) in [6.07, 6.45) is 3.79. The van der Waals surface area contributed by atoms with Crippen molar-refractivity contribution in [3.05, 3.63) is 47.0 Å². The molecule has 31 heavy (non-hydrogen) atoms. The Morgan fingerprint density at radius 2 is 2.10 bits per heavy atom. The molecule has 0 bridgehead atoms. The van der Waals surface area contributed by atoms with Crippen molar-refractivity contribution < 1.29 is 13.9 Å². The predicted molar refractivity (Wildman–Crippen MR) is 119 cm³/mol. The molecule has 1 N–H and O–H groups in total. The number of hydrogen-bond donors (Lipinski definition) is 1. The Hall–Kier alpha value is -2.45. The Bertz CT molecular complexity index is 899. The minimum absolute atomic E-state index is 0.228. The Morgan fingerprint density at radius 1 is 1.29 bits per heavy atom. The number of amides is 1. The Morgan fingerprint density at radius 3 is 2.81 bits per heavy atom. The number of nitrogens with one attached hydrogen (secondary N) is 1. The smallest absolute Gasteiger partial charge is 0.287 e. The van der Waals surface area contributed by atoms with Crippen LogP contribution in [0.4, 0.5) is 0 Å². The van der Waals surface area contributed by atoms with Crippen LogP contribution in [0.1, 0.15) is 68.1 Å². The van der Waals surface area contributed by atoms with E-state index in [1.807, 2.05) is 0 Å². The summed E-state index contributed by atoms with van der Waals surface area (Å²) in [5, 5.41) is 12.1. The highest BCUT2D eigenvalue weighted by atomic mass is 16.5. The molecule has 2 aromatic heterocycles. The molecule has 0 saturated heterocycles. The molecule has 2 aromatic rings. The number of fused-ring (bicyclic) bond motifs is 1. The van der Waals surface area contributed by atoms with Crippen LogP contribution in [0.25, 0.3) is 0 Å². The number of methoxy groups -OCH3 is 1. The lowest BCUT2D eigenvalue weighted by molar-refractivity contribution is 0.0892. The molecule has 3 heterocycles. The lowest BCUT2D eigenvalue weighted by atomic mass is 10.0. The van der Waals surface area contributed by atoms with Crippen LogP contribution in [0.15, 0.2) is 28.2 Å². The molecule has 0 saturated carbocycles.